The summed E-state index contributed by atoms with van der Waals surface area (Å²) in [6.07, 6.45) is 4.00. The van der Waals surface area contributed by atoms with Gasteiger partial charge in [-0.15, -0.1) is 11.8 Å². The number of carbonyl (C=O) groups excluding carboxylic acids is 1. The van der Waals surface area contributed by atoms with Crippen LogP contribution in [0.5, 0.6) is 11.6 Å². The molecule has 0 aliphatic rings. The van der Waals surface area contributed by atoms with Crippen molar-refractivity contribution in [2.45, 2.75) is 63.8 Å². The Hall–Kier alpha value is -4.83. The lowest BCUT2D eigenvalue weighted by molar-refractivity contribution is -0.127. The summed E-state index contributed by atoms with van der Waals surface area (Å²) in [5, 5.41) is 11.2. The summed E-state index contributed by atoms with van der Waals surface area (Å²) < 4.78 is 13.6. The van der Waals surface area contributed by atoms with Crippen molar-refractivity contribution < 1.29 is 14.3 Å². The summed E-state index contributed by atoms with van der Waals surface area (Å²) in [5.74, 6) is 0.653. The number of nitrogens with two attached hydrogens (primary N) is 1. The van der Waals surface area contributed by atoms with Gasteiger partial charge in [0.25, 0.3) is 0 Å². The van der Waals surface area contributed by atoms with Gasteiger partial charge in [0, 0.05) is 68.6 Å². The van der Waals surface area contributed by atoms with Gasteiger partial charge in [-0.25, -0.2) is 4.98 Å². The summed E-state index contributed by atoms with van der Waals surface area (Å²) >= 11 is 1.78. The van der Waals surface area contributed by atoms with Crippen LogP contribution in [0, 0.1) is 10.8 Å². The van der Waals surface area contributed by atoms with E-state index in [4.69, 9.17) is 20.6 Å². The van der Waals surface area contributed by atoms with Crippen molar-refractivity contribution in [2.24, 2.45) is 11.1 Å². The fourth-order valence-corrected chi connectivity index (χ4v) is 6.50. The van der Waals surface area contributed by atoms with E-state index in [2.05, 4.69) is 77.0 Å². The normalized spacial score (nSPS) is 11.8. The number of hydrogen-bond donors (Lipinski definition) is 3. The van der Waals surface area contributed by atoms with Crippen LogP contribution >= 0.6 is 11.8 Å². The van der Waals surface area contributed by atoms with Gasteiger partial charge in [-0.2, -0.15) is 0 Å². The fraction of sp³-hybridized carbons (Fsp3) is 0.297. The minimum absolute atomic E-state index is 0.113. The van der Waals surface area contributed by atoms with E-state index in [0.29, 0.717) is 25.5 Å². The molecule has 0 atom stereocenters. The maximum absolute atomic E-state index is 13.3. The van der Waals surface area contributed by atoms with Crippen LogP contribution in [0.15, 0.2) is 90.1 Å². The second kappa shape index (κ2) is 13.9. The quantitative estimate of drug-likeness (QED) is 0.0783. The zero-order chi connectivity index (χ0) is 33.8. The molecular formula is C37H42N6O3S. The first-order chi connectivity index (χ1) is 22.3. The number of fused-ring (bicyclic) bond motifs is 1. The third-order valence-corrected chi connectivity index (χ3v) is 8.93. The van der Waals surface area contributed by atoms with E-state index >= 15 is 0 Å². The number of carbonyl (C=O) groups is 1. The lowest BCUT2D eigenvalue weighted by Gasteiger charge is -2.26. The highest BCUT2D eigenvalue weighted by atomic mass is 32.2. The molecule has 4 N–H and O–H groups in total. The van der Waals surface area contributed by atoms with Gasteiger partial charge in [0.05, 0.1) is 12.8 Å². The van der Waals surface area contributed by atoms with Crippen molar-refractivity contribution in [2.75, 3.05) is 7.11 Å². The molecule has 47 heavy (non-hydrogen) atoms. The third kappa shape index (κ3) is 8.31. The second-order valence-corrected chi connectivity index (χ2v) is 14.9. The Kier molecular flexibility index (Phi) is 9.91. The first kappa shape index (κ1) is 33.5. The summed E-state index contributed by atoms with van der Waals surface area (Å²) in [4.78, 5) is 23.1. The minimum Gasteiger partial charge on any atom is -0.487 e. The van der Waals surface area contributed by atoms with E-state index < -0.39 is 5.41 Å². The molecule has 2 aromatic carbocycles. The molecule has 0 fully saturated rings. The SMILES string of the molecule is COc1ccc(-c2ccc(Cn3c(CC(C)(C)C(=O)NC(=N)N)c(SC(C)(C)C)c4cc(OCc5ccccn5)ccc43)cc2)cn1. The number of ether oxygens (including phenoxy) is 2. The Morgan fingerprint density at radius 2 is 1.72 bits per heavy atom. The molecule has 0 bridgehead atoms. The molecular weight excluding hydrogens is 609 g/mol. The molecule has 5 rings (SSSR count). The van der Waals surface area contributed by atoms with Crippen LogP contribution in [0.25, 0.3) is 22.0 Å². The van der Waals surface area contributed by atoms with Crippen LogP contribution < -0.4 is 20.5 Å². The summed E-state index contributed by atoms with van der Waals surface area (Å²) in [7, 11) is 1.61. The molecule has 10 heteroatoms. The fourth-order valence-electron chi connectivity index (χ4n) is 5.31. The average molecular weight is 651 g/mol. The second-order valence-electron chi connectivity index (χ2n) is 13.1. The minimum atomic E-state index is -0.853. The van der Waals surface area contributed by atoms with Gasteiger partial charge in [0.15, 0.2) is 5.96 Å². The van der Waals surface area contributed by atoms with Crippen molar-refractivity contribution in [1.29, 1.82) is 5.41 Å². The number of nitrogens with zero attached hydrogens (tertiary/aromatic N) is 3. The molecule has 0 aliphatic heterocycles. The highest BCUT2D eigenvalue weighted by Gasteiger charge is 2.33. The average Bonchev–Trinajstić information content (AvgIpc) is 3.29. The molecule has 3 aromatic heterocycles. The van der Waals surface area contributed by atoms with Crippen LogP contribution in [0.2, 0.25) is 0 Å². The Bertz CT molecular complexity index is 1860. The van der Waals surface area contributed by atoms with Gasteiger partial charge < -0.3 is 19.8 Å². The summed E-state index contributed by atoms with van der Waals surface area (Å²) in [6.45, 7) is 11.3. The van der Waals surface area contributed by atoms with Crippen LogP contribution in [0.1, 0.15) is 51.6 Å². The van der Waals surface area contributed by atoms with Gasteiger partial charge in [-0.05, 0) is 47.5 Å². The van der Waals surface area contributed by atoms with Crippen LogP contribution in [-0.2, 0) is 24.4 Å². The molecule has 244 valence electrons. The van der Waals surface area contributed by atoms with Crippen molar-refractivity contribution in [3.8, 4) is 22.8 Å². The van der Waals surface area contributed by atoms with Gasteiger partial charge in [0.2, 0.25) is 11.8 Å². The van der Waals surface area contributed by atoms with E-state index in [1.165, 1.54) is 0 Å². The van der Waals surface area contributed by atoms with Gasteiger partial charge >= 0.3 is 0 Å². The zero-order valence-corrected chi connectivity index (χ0v) is 28.6. The van der Waals surface area contributed by atoms with Crippen LogP contribution in [0.4, 0.5) is 0 Å². The van der Waals surface area contributed by atoms with Gasteiger partial charge in [-0.3, -0.25) is 20.5 Å². The van der Waals surface area contributed by atoms with Crippen LogP contribution in [-0.4, -0.2) is 38.3 Å². The molecule has 0 saturated heterocycles. The van der Waals surface area contributed by atoms with E-state index in [0.717, 1.165) is 49.6 Å². The number of guanidine groups is 1. The maximum atomic E-state index is 13.3. The molecule has 9 nitrogen and oxygen atoms in total. The molecule has 0 radical (unpaired) electrons. The lowest BCUT2D eigenvalue weighted by Crippen LogP contribution is -2.44. The first-order valence-electron chi connectivity index (χ1n) is 15.4. The molecule has 3 heterocycles. The Labute approximate surface area is 280 Å². The molecule has 5 aromatic rings. The highest BCUT2D eigenvalue weighted by molar-refractivity contribution is 8.00. The molecule has 0 aliphatic carbocycles. The molecule has 0 unspecified atom stereocenters. The Morgan fingerprint density at radius 3 is 2.34 bits per heavy atom. The Balaban J connectivity index is 1.58. The van der Waals surface area contributed by atoms with E-state index in [9.17, 15) is 4.79 Å². The van der Waals surface area contributed by atoms with Crippen LogP contribution in [0.3, 0.4) is 0 Å². The standard InChI is InChI=1S/C37H42N6O3S/c1-36(2,3)47-33-29-19-28(46-23-27-9-7-8-18-40-27)15-16-30(29)43(31(33)20-37(4,5)34(44)42-35(38)39)22-24-10-12-25(13-11-24)26-14-17-32(45-6)41-21-26/h7-19,21H,20,22-23H2,1-6H3,(H4,38,39,42,44). The number of benzene rings is 2. The first-order valence-corrected chi connectivity index (χ1v) is 16.3. The number of nitrogens with one attached hydrogen (secondary N) is 2. The highest BCUT2D eigenvalue weighted by Crippen LogP contribution is 2.44. The Morgan fingerprint density at radius 1 is 0.979 bits per heavy atom. The van der Waals surface area contributed by atoms with E-state index in [-0.39, 0.29) is 16.6 Å². The smallest absolute Gasteiger partial charge is 0.232 e. The molecule has 0 spiro atoms. The number of aromatic nitrogens is 3. The number of amides is 1. The lowest BCUT2D eigenvalue weighted by atomic mass is 9.86. The largest absolute Gasteiger partial charge is 0.487 e. The maximum Gasteiger partial charge on any atom is 0.232 e. The summed E-state index contributed by atoms with van der Waals surface area (Å²) in [6, 6.07) is 24.3. The van der Waals surface area contributed by atoms with E-state index in [1.54, 1.807) is 25.1 Å². The van der Waals surface area contributed by atoms with Crippen molar-refractivity contribution in [3.05, 3.63) is 102 Å². The molecule has 0 saturated carbocycles. The number of hydrogen-bond acceptors (Lipinski definition) is 7. The van der Waals surface area contributed by atoms with Crippen molar-refractivity contribution in [1.82, 2.24) is 19.9 Å². The van der Waals surface area contributed by atoms with E-state index in [1.807, 2.05) is 56.4 Å². The molecule has 1 amide bonds. The topological polar surface area (TPSA) is 128 Å². The van der Waals surface area contributed by atoms with Crippen molar-refractivity contribution in [3.63, 3.8) is 0 Å². The number of thioether (sulfide) groups is 1. The number of methoxy groups -OCH3 is 1. The van der Waals surface area contributed by atoms with Crippen molar-refractivity contribution >= 4 is 34.5 Å². The predicted molar refractivity (Wildman–Crippen MR) is 189 cm³/mol. The summed E-state index contributed by atoms with van der Waals surface area (Å²) in [5.41, 5.74) is 10.8. The van der Waals surface area contributed by atoms with Gasteiger partial charge in [0.1, 0.15) is 12.4 Å². The zero-order valence-electron chi connectivity index (χ0n) is 27.8. The number of pyridine rings is 2. The van der Waals surface area contributed by atoms with Gasteiger partial charge in [-0.1, -0.05) is 65.0 Å². The predicted octanol–water partition coefficient (Wildman–Crippen LogP) is 7.20. The monoisotopic (exact) mass is 650 g/mol. The number of rotatable bonds is 11. The third-order valence-electron chi connectivity index (χ3n) is 7.66.